The van der Waals surface area contributed by atoms with Gasteiger partial charge in [0.05, 0.1) is 5.69 Å². The van der Waals surface area contributed by atoms with Crippen LogP contribution in [-0.4, -0.2) is 16.4 Å². The maximum absolute atomic E-state index is 11.0. The van der Waals surface area contributed by atoms with E-state index in [4.69, 9.17) is 4.74 Å². The van der Waals surface area contributed by atoms with Crippen molar-refractivity contribution >= 4 is 23.6 Å². The number of hydrogen-bond donors (Lipinski definition) is 0. The highest BCUT2D eigenvalue weighted by molar-refractivity contribution is 7.05. The molecule has 0 aromatic carbocycles. The molecular formula is C12H13NO2S. The Hall–Kier alpha value is -1.42. The maximum Gasteiger partial charge on any atom is 0.330 e. The highest BCUT2D eigenvalue weighted by Crippen LogP contribution is 2.14. The third-order valence-electron chi connectivity index (χ3n) is 2.27. The van der Waals surface area contributed by atoms with Crippen molar-refractivity contribution in [2.45, 2.75) is 25.9 Å². The molecule has 0 spiro atoms. The van der Waals surface area contributed by atoms with E-state index in [1.807, 2.05) is 31.2 Å². The first kappa shape index (κ1) is 11.1. The molecule has 2 rings (SSSR count). The molecular weight excluding hydrogens is 222 g/mol. The fourth-order valence-corrected chi connectivity index (χ4v) is 2.05. The smallest absolute Gasteiger partial charge is 0.330 e. The SMILES string of the molecule is Cc1cc(/C=C/CC2CC=CC(=O)O2)ns1. The van der Waals surface area contributed by atoms with Gasteiger partial charge in [-0.05, 0) is 30.6 Å². The minimum Gasteiger partial charge on any atom is -0.459 e. The summed E-state index contributed by atoms with van der Waals surface area (Å²) >= 11 is 1.49. The van der Waals surface area contributed by atoms with Crippen LogP contribution in [0.15, 0.2) is 24.3 Å². The third-order valence-corrected chi connectivity index (χ3v) is 2.98. The summed E-state index contributed by atoms with van der Waals surface area (Å²) in [6, 6.07) is 2.04. The van der Waals surface area contributed by atoms with Crippen LogP contribution in [0.2, 0.25) is 0 Å². The van der Waals surface area contributed by atoms with Crippen molar-refractivity contribution in [3.8, 4) is 0 Å². The Morgan fingerprint density at radius 2 is 2.56 bits per heavy atom. The largest absolute Gasteiger partial charge is 0.459 e. The fourth-order valence-electron chi connectivity index (χ4n) is 1.52. The van der Waals surface area contributed by atoms with E-state index in [-0.39, 0.29) is 12.1 Å². The van der Waals surface area contributed by atoms with Crippen LogP contribution in [0.5, 0.6) is 0 Å². The van der Waals surface area contributed by atoms with Gasteiger partial charge >= 0.3 is 5.97 Å². The lowest BCUT2D eigenvalue weighted by molar-refractivity contribution is -0.143. The van der Waals surface area contributed by atoms with Crippen LogP contribution >= 0.6 is 11.5 Å². The van der Waals surface area contributed by atoms with E-state index in [0.29, 0.717) is 0 Å². The Kier molecular flexibility index (Phi) is 3.51. The molecule has 1 aliphatic heterocycles. The summed E-state index contributed by atoms with van der Waals surface area (Å²) < 4.78 is 9.38. The number of hydrogen-bond acceptors (Lipinski definition) is 4. The Balaban J connectivity index is 1.85. The van der Waals surface area contributed by atoms with E-state index in [2.05, 4.69) is 4.37 Å². The molecule has 16 heavy (non-hydrogen) atoms. The van der Waals surface area contributed by atoms with Crippen molar-refractivity contribution in [1.29, 1.82) is 0 Å². The number of carbonyl (C=O) groups is 1. The summed E-state index contributed by atoms with van der Waals surface area (Å²) in [5, 5.41) is 0. The van der Waals surface area contributed by atoms with Gasteiger partial charge in [-0.15, -0.1) is 0 Å². The van der Waals surface area contributed by atoms with Crippen molar-refractivity contribution in [1.82, 2.24) is 4.37 Å². The van der Waals surface area contributed by atoms with Gasteiger partial charge in [-0.3, -0.25) is 0 Å². The van der Waals surface area contributed by atoms with Crippen LogP contribution in [0.25, 0.3) is 6.08 Å². The van der Waals surface area contributed by atoms with E-state index in [1.54, 1.807) is 0 Å². The summed E-state index contributed by atoms with van der Waals surface area (Å²) in [4.78, 5) is 12.2. The quantitative estimate of drug-likeness (QED) is 0.756. The lowest BCUT2D eigenvalue weighted by Crippen LogP contribution is -2.18. The molecule has 1 unspecified atom stereocenters. The Labute approximate surface area is 98.6 Å². The van der Waals surface area contributed by atoms with Crippen molar-refractivity contribution in [3.63, 3.8) is 0 Å². The Morgan fingerprint density at radius 1 is 1.69 bits per heavy atom. The molecule has 84 valence electrons. The molecule has 2 heterocycles. The van der Waals surface area contributed by atoms with Gasteiger partial charge in [-0.25, -0.2) is 4.79 Å². The van der Waals surface area contributed by atoms with Gasteiger partial charge in [0.1, 0.15) is 6.10 Å². The van der Waals surface area contributed by atoms with Crippen molar-refractivity contribution < 1.29 is 9.53 Å². The van der Waals surface area contributed by atoms with Gasteiger partial charge in [0, 0.05) is 23.8 Å². The molecule has 0 radical (unpaired) electrons. The minimum atomic E-state index is -0.242. The Bertz CT molecular complexity index is 434. The summed E-state index contributed by atoms with van der Waals surface area (Å²) in [6.45, 7) is 2.03. The highest BCUT2D eigenvalue weighted by Gasteiger charge is 2.13. The number of ether oxygens (including phenoxy) is 1. The van der Waals surface area contributed by atoms with Crippen LogP contribution in [0, 0.1) is 6.92 Å². The number of esters is 1. The van der Waals surface area contributed by atoms with Gasteiger partial charge in [0.25, 0.3) is 0 Å². The molecule has 1 aromatic heterocycles. The third kappa shape index (κ3) is 3.03. The second-order valence-corrected chi connectivity index (χ2v) is 4.71. The zero-order valence-corrected chi connectivity index (χ0v) is 9.87. The van der Waals surface area contributed by atoms with Crippen molar-refractivity contribution in [3.05, 3.63) is 34.9 Å². The summed E-state index contributed by atoms with van der Waals surface area (Å²) in [6.07, 6.45) is 8.83. The number of rotatable bonds is 3. The van der Waals surface area contributed by atoms with Crippen LogP contribution in [0.4, 0.5) is 0 Å². The minimum absolute atomic E-state index is 0.0199. The van der Waals surface area contributed by atoms with Crippen LogP contribution in [-0.2, 0) is 9.53 Å². The molecule has 0 saturated heterocycles. The Morgan fingerprint density at radius 3 is 3.25 bits per heavy atom. The molecule has 3 nitrogen and oxygen atoms in total. The van der Waals surface area contributed by atoms with E-state index in [9.17, 15) is 4.79 Å². The molecule has 1 atom stereocenters. The predicted molar refractivity (Wildman–Crippen MR) is 64.1 cm³/mol. The monoisotopic (exact) mass is 235 g/mol. The lowest BCUT2D eigenvalue weighted by atomic mass is 10.1. The summed E-state index contributed by atoms with van der Waals surface area (Å²) in [5.74, 6) is -0.242. The molecule has 0 saturated carbocycles. The second-order valence-electron chi connectivity index (χ2n) is 3.70. The lowest BCUT2D eigenvalue weighted by Gasteiger charge is -2.16. The molecule has 4 heteroatoms. The van der Waals surface area contributed by atoms with Gasteiger partial charge in [0.15, 0.2) is 0 Å². The first-order chi connectivity index (χ1) is 7.74. The van der Waals surface area contributed by atoms with Crippen LogP contribution < -0.4 is 0 Å². The molecule has 0 aliphatic carbocycles. The van der Waals surface area contributed by atoms with E-state index >= 15 is 0 Å². The standard InChI is InChI=1S/C12H13NO2S/c1-9-8-10(13-16-9)4-2-5-11-6-3-7-12(14)15-11/h2-4,7-8,11H,5-6H2,1H3/b4-2+. The summed E-state index contributed by atoms with van der Waals surface area (Å²) in [5.41, 5.74) is 0.972. The highest BCUT2D eigenvalue weighted by atomic mass is 32.1. The molecule has 1 aliphatic rings. The second kappa shape index (κ2) is 5.07. The van der Waals surface area contributed by atoms with E-state index in [0.717, 1.165) is 18.5 Å². The topological polar surface area (TPSA) is 39.2 Å². The van der Waals surface area contributed by atoms with Gasteiger partial charge in [-0.1, -0.05) is 12.2 Å². The molecule has 1 aromatic rings. The average molecular weight is 235 g/mol. The normalized spacial score (nSPS) is 20.3. The molecule has 0 N–H and O–H groups in total. The summed E-state index contributed by atoms with van der Waals surface area (Å²) in [7, 11) is 0. The van der Waals surface area contributed by atoms with Crippen molar-refractivity contribution in [2.75, 3.05) is 0 Å². The molecule has 0 amide bonds. The average Bonchev–Trinajstić information content (AvgIpc) is 2.64. The van der Waals surface area contributed by atoms with Crippen LogP contribution in [0.1, 0.15) is 23.4 Å². The van der Waals surface area contributed by atoms with Gasteiger partial charge in [0.2, 0.25) is 0 Å². The number of nitrogens with zero attached hydrogens (tertiary/aromatic N) is 1. The van der Waals surface area contributed by atoms with E-state index in [1.165, 1.54) is 22.5 Å². The number of carbonyl (C=O) groups excluding carboxylic acids is 1. The predicted octanol–water partition coefficient (Wildman–Crippen LogP) is 2.73. The van der Waals surface area contributed by atoms with Crippen LogP contribution in [0.3, 0.4) is 0 Å². The zero-order chi connectivity index (χ0) is 11.4. The number of aryl methyl sites for hydroxylation is 1. The first-order valence-corrected chi connectivity index (χ1v) is 5.98. The van der Waals surface area contributed by atoms with E-state index < -0.39 is 0 Å². The van der Waals surface area contributed by atoms with Gasteiger partial charge < -0.3 is 4.74 Å². The first-order valence-electron chi connectivity index (χ1n) is 5.21. The molecule has 0 fully saturated rings. The maximum atomic E-state index is 11.0. The number of aromatic nitrogens is 1. The molecule has 0 bridgehead atoms. The zero-order valence-electron chi connectivity index (χ0n) is 9.05. The van der Waals surface area contributed by atoms with Gasteiger partial charge in [-0.2, -0.15) is 4.37 Å². The van der Waals surface area contributed by atoms with Crippen molar-refractivity contribution in [2.24, 2.45) is 0 Å². The fraction of sp³-hybridized carbons (Fsp3) is 0.333. The number of cyclic esters (lactones) is 1.